The van der Waals surface area contributed by atoms with Crippen molar-refractivity contribution in [2.45, 2.75) is 32.7 Å². The highest BCUT2D eigenvalue weighted by Gasteiger charge is 2.22. The van der Waals surface area contributed by atoms with Crippen molar-refractivity contribution in [1.29, 1.82) is 0 Å². The van der Waals surface area contributed by atoms with E-state index in [1.807, 2.05) is 44.2 Å². The van der Waals surface area contributed by atoms with Crippen molar-refractivity contribution in [3.05, 3.63) is 53.5 Å². The number of hydrogen-bond donors (Lipinski definition) is 1. The highest BCUT2D eigenvalue weighted by molar-refractivity contribution is 5.95. The van der Waals surface area contributed by atoms with Crippen molar-refractivity contribution in [2.24, 2.45) is 0 Å². The van der Waals surface area contributed by atoms with Crippen LogP contribution < -0.4 is 10.1 Å². The zero-order valence-electron chi connectivity index (χ0n) is 15.0. The Hall–Kier alpha value is -2.27. The number of furan rings is 1. The van der Waals surface area contributed by atoms with E-state index in [9.17, 15) is 4.79 Å². The van der Waals surface area contributed by atoms with E-state index >= 15 is 0 Å². The number of nitrogens with one attached hydrogen (secondary N) is 1. The molecule has 1 aliphatic heterocycles. The number of nitrogens with zero attached hydrogens (tertiary/aromatic N) is 1. The first-order valence-corrected chi connectivity index (χ1v) is 8.90. The van der Waals surface area contributed by atoms with Crippen LogP contribution in [0.3, 0.4) is 0 Å². The lowest BCUT2D eigenvalue weighted by Crippen LogP contribution is -2.45. The highest BCUT2D eigenvalue weighted by atomic mass is 16.5. The Morgan fingerprint density at radius 3 is 2.60 bits per heavy atom. The van der Waals surface area contributed by atoms with Crippen LogP contribution in [-0.4, -0.2) is 43.1 Å². The molecule has 0 unspecified atom stereocenters. The van der Waals surface area contributed by atoms with Crippen molar-refractivity contribution in [2.75, 3.05) is 26.2 Å². The summed E-state index contributed by atoms with van der Waals surface area (Å²) in [5.74, 6) is 2.34. The van der Waals surface area contributed by atoms with Gasteiger partial charge in [0.1, 0.15) is 23.9 Å². The molecule has 25 heavy (non-hydrogen) atoms. The van der Waals surface area contributed by atoms with Gasteiger partial charge in [-0.25, -0.2) is 0 Å². The van der Waals surface area contributed by atoms with Gasteiger partial charge in [0.15, 0.2) is 0 Å². The van der Waals surface area contributed by atoms with E-state index in [-0.39, 0.29) is 11.9 Å². The number of hydrogen-bond acceptors (Lipinski definition) is 4. The fraction of sp³-hybridized carbons (Fsp3) is 0.450. The van der Waals surface area contributed by atoms with Crippen LogP contribution in [0.2, 0.25) is 0 Å². The van der Waals surface area contributed by atoms with Gasteiger partial charge in [0, 0.05) is 25.7 Å². The van der Waals surface area contributed by atoms with Crippen LogP contribution in [0.4, 0.5) is 0 Å². The molecule has 1 aromatic carbocycles. The summed E-state index contributed by atoms with van der Waals surface area (Å²) in [4.78, 5) is 14.7. The smallest absolute Gasteiger partial charge is 0.255 e. The average molecular weight is 342 g/mol. The lowest BCUT2D eigenvalue weighted by molar-refractivity contribution is 0.0904. The Bertz CT molecular complexity index is 688. The fourth-order valence-electron chi connectivity index (χ4n) is 3.23. The van der Waals surface area contributed by atoms with E-state index in [1.54, 1.807) is 6.07 Å². The Balaban J connectivity index is 1.38. The summed E-state index contributed by atoms with van der Waals surface area (Å²) < 4.78 is 11.2. The number of aryl methyl sites for hydroxylation is 2. The third-order valence-corrected chi connectivity index (χ3v) is 4.63. The standard InChI is InChI=1S/C20H26N2O3/c1-15-14-19(16(2)25-15)20(23)21-17-8-10-22(11-9-17)12-13-24-18-6-4-3-5-7-18/h3-7,14,17H,8-13H2,1-2H3,(H,21,23). The van der Waals surface area contributed by atoms with Gasteiger partial charge >= 0.3 is 0 Å². The molecular weight excluding hydrogens is 316 g/mol. The van der Waals surface area contributed by atoms with Gasteiger partial charge in [-0.15, -0.1) is 0 Å². The molecule has 2 heterocycles. The first kappa shape index (κ1) is 17.5. The normalized spacial score (nSPS) is 15.9. The van der Waals surface area contributed by atoms with Gasteiger partial charge in [0.2, 0.25) is 0 Å². The SMILES string of the molecule is Cc1cc(C(=O)NC2CCN(CCOc3ccccc3)CC2)c(C)o1. The minimum absolute atomic E-state index is 0.0276. The number of carbonyl (C=O) groups is 1. The van der Waals surface area contributed by atoms with Gasteiger partial charge in [0.25, 0.3) is 5.91 Å². The molecule has 1 N–H and O–H groups in total. The van der Waals surface area contributed by atoms with Crippen molar-refractivity contribution in [1.82, 2.24) is 10.2 Å². The zero-order valence-corrected chi connectivity index (χ0v) is 15.0. The molecule has 2 aromatic rings. The van der Waals surface area contributed by atoms with Crippen molar-refractivity contribution >= 4 is 5.91 Å². The molecule has 1 amide bonds. The van der Waals surface area contributed by atoms with Gasteiger partial charge < -0.3 is 14.5 Å². The summed E-state index contributed by atoms with van der Waals surface area (Å²) in [5.41, 5.74) is 0.649. The van der Waals surface area contributed by atoms with Crippen LogP contribution in [-0.2, 0) is 0 Å². The second kappa shape index (κ2) is 8.21. The minimum atomic E-state index is -0.0276. The number of carbonyl (C=O) groups excluding carboxylic acids is 1. The molecule has 1 fully saturated rings. The number of piperidine rings is 1. The molecule has 5 nitrogen and oxygen atoms in total. The van der Waals surface area contributed by atoms with Crippen molar-refractivity contribution in [3.8, 4) is 5.75 Å². The second-order valence-corrected chi connectivity index (χ2v) is 6.58. The van der Waals surface area contributed by atoms with E-state index in [0.29, 0.717) is 17.9 Å². The predicted octanol–water partition coefficient (Wildman–Crippen LogP) is 3.17. The maximum Gasteiger partial charge on any atom is 0.255 e. The first-order valence-electron chi connectivity index (χ1n) is 8.90. The van der Waals surface area contributed by atoms with E-state index in [0.717, 1.165) is 44.0 Å². The highest BCUT2D eigenvalue weighted by Crippen LogP contribution is 2.16. The summed E-state index contributed by atoms with van der Waals surface area (Å²) >= 11 is 0. The minimum Gasteiger partial charge on any atom is -0.492 e. The summed E-state index contributed by atoms with van der Waals surface area (Å²) in [6, 6.07) is 11.9. The van der Waals surface area contributed by atoms with Crippen LogP contribution >= 0.6 is 0 Å². The Kier molecular flexibility index (Phi) is 5.76. The van der Waals surface area contributed by atoms with E-state index in [1.165, 1.54) is 0 Å². The summed E-state index contributed by atoms with van der Waals surface area (Å²) in [6.07, 6.45) is 1.93. The molecule has 0 atom stereocenters. The fourth-order valence-corrected chi connectivity index (χ4v) is 3.23. The Morgan fingerprint density at radius 1 is 1.24 bits per heavy atom. The number of benzene rings is 1. The third-order valence-electron chi connectivity index (χ3n) is 4.63. The monoisotopic (exact) mass is 342 g/mol. The molecule has 3 rings (SSSR count). The van der Waals surface area contributed by atoms with Gasteiger partial charge in [-0.2, -0.15) is 0 Å². The van der Waals surface area contributed by atoms with Crippen LogP contribution in [0.15, 0.2) is 40.8 Å². The van der Waals surface area contributed by atoms with Crippen molar-refractivity contribution < 1.29 is 13.9 Å². The molecule has 0 bridgehead atoms. The topological polar surface area (TPSA) is 54.7 Å². The quantitative estimate of drug-likeness (QED) is 0.876. The molecular formula is C20H26N2O3. The number of likely N-dealkylation sites (tertiary alicyclic amines) is 1. The number of rotatable bonds is 6. The number of para-hydroxylation sites is 1. The maximum absolute atomic E-state index is 12.4. The molecule has 5 heteroatoms. The molecule has 1 aliphatic rings. The number of ether oxygens (including phenoxy) is 1. The molecule has 0 spiro atoms. The summed E-state index contributed by atoms with van der Waals surface area (Å²) in [6.45, 7) is 7.25. The predicted molar refractivity (Wildman–Crippen MR) is 97.0 cm³/mol. The molecule has 134 valence electrons. The van der Waals surface area contributed by atoms with Gasteiger partial charge in [0.05, 0.1) is 5.56 Å². The summed E-state index contributed by atoms with van der Waals surface area (Å²) in [7, 11) is 0. The van der Waals surface area contributed by atoms with Crippen LogP contribution in [0.5, 0.6) is 5.75 Å². The molecule has 0 saturated carbocycles. The lowest BCUT2D eigenvalue weighted by Gasteiger charge is -2.32. The van der Waals surface area contributed by atoms with E-state index in [2.05, 4.69) is 10.2 Å². The van der Waals surface area contributed by atoms with E-state index < -0.39 is 0 Å². The van der Waals surface area contributed by atoms with Gasteiger partial charge in [-0.3, -0.25) is 9.69 Å². The largest absolute Gasteiger partial charge is 0.492 e. The molecule has 0 aliphatic carbocycles. The van der Waals surface area contributed by atoms with Crippen LogP contribution in [0.1, 0.15) is 34.7 Å². The average Bonchev–Trinajstić information content (AvgIpc) is 2.96. The lowest BCUT2D eigenvalue weighted by atomic mass is 10.0. The second-order valence-electron chi connectivity index (χ2n) is 6.58. The Morgan fingerprint density at radius 2 is 1.96 bits per heavy atom. The van der Waals surface area contributed by atoms with Crippen LogP contribution in [0, 0.1) is 13.8 Å². The number of amides is 1. The third kappa shape index (κ3) is 4.86. The molecule has 1 saturated heterocycles. The summed E-state index contributed by atoms with van der Waals surface area (Å²) in [5, 5.41) is 3.13. The van der Waals surface area contributed by atoms with Crippen molar-refractivity contribution in [3.63, 3.8) is 0 Å². The maximum atomic E-state index is 12.4. The van der Waals surface area contributed by atoms with Gasteiger partial charge in [-0.05, 0) is 44.9 Å². The Labute approximate surface area is 149 Å². The zero-order chi connectivity index (χ0) is 17.6. The molecule has 0 radical (unpaired) electrons. The van der Waals surface area contributed by atoms with Crippen LogP contribution in [0.25, 0.3) is 0 Å². The van der Waals surface area contributed by atoms with Gasteiger partial charge in [-0.1, -0.05) is 18.2 Å². The molecule has 1 aromatic heterocycles. The first-order chi connectivity index (χ1) is 12.1. The van der Waals surface area contributed by atoms with E-state index in [4.69, 9.17) is 9.15 Å².